The highest BCUT2D eigenvalue weighted by Gasteiger charge is 2.44. The summed E-state index contributed by atoms with van der Waals surface area (Å²) in [5.41, 5.74) is 5.27. The molecule has 3 aromatic carbocycles. The van der Waals surface area contributed by atoms with E-state index in [1.54, 1.807) is 30.6 Å². The molecule has 4 heterocycles. The zero-order chi connectivity index (χ0) is 50.0. The van der Waals surface area contributed by atoms with E-state index in [-0.39, 0.29) is 48.7 Å². The molecule has 4 amide bonds. The lowest BCUT2D eigenvalue weighted by Crippen LogP contribution is -2.57. The maximum atomic E-state index is 14.1. The molecular formula is C51H63ClFN9O7S. The molecule has 3 atom stereocenters. The molecule has 0 radical (unpaired) electrons. The number of aliphatic hydroxyl groups is 1. The number of thiazole rings is 1. The first kappa shape index (κ1) is 51.9. The van der Waals surface area contributed by atoms with Gasteiger partial charge in [0.2, 0.25) is 23.6 Å². The Morgan fingerprint density at radius 3 is 2.40 bits per heavy atom. The highest BCUT2D eigenvalue weighted by atomic mass is 35.5. The Morgan fingerprint density at radius 2 is 1.70 bits per heavy atom. The quantitative estimate of drug-likeness (QED) is 0.0571. The van der Waals surface area contributed by atoms with Crippen molar-refractivity contribution in [1.82, 2.24) is 40.3 Å². The number of nitrogens with one attached hydrogen (secondary N) is 3. The van der Waals surface area contributed by atoms with Gasteiger partial charge >= 0.3 is 0 Å². The molecule has 70 heavy (non-hydrogen) atoms. The number of nitrogens with zero attached hydrogens (tertiary/aromatic N) is 6. The first-order valence-electron chi connectivity index (χ1n) is 23.8. The molecule has 16 nitrogen and oxygen atoms in total. The second-order valence-electron chi connectivity index (χ2n) is 18.9. The Balaban J connectivity index is 0.793. The minimum Gasteiger partial charge on any atom is -0.493 e. The number of carbonyl (C=O) groups is 4. The summed E-state index contributed by atoms with van der Waals surface area (Å²) in [4.78, 5) is 73.7. The van der Waals surface area contributed by atoms with Gasteiger partial charge in [-0.1, -0.05) is 63.1 Å². The predicted octanol–water partition coefficient (Wildman–Crippen LogP) is 7.28. The Kier molecular flexibility index (Phi) is 17.6. The van der Waals surface area contributed by atoms with Gasteiger partial charge in [0.15, 0.2) is 11.5 Å². The molecule has 374 valence electrons. The fourth-order valence-corrected chi connectivity index (χ4v) is 9.74. The molecule has 2 fully saturated rings. The Morgan fingerprint density at radius 1 is 0.943 bits per heavy atom. The maximum absolute atomic E-state index is 14.1. The number of unbranched alkanes of at least 4 members (excludes halogenated alkanes) is 2. The average Bonchev–Trinajstić information content (AvgIpc) is 3.97. The minimum absolute atomic E-state index is 0.000296. The van der Waals surface area contributed by atoms with Crippen LogP contribution in [0.3, 0.4) is 0 Å². The number of aromatic nitrogens is 3. The van der Waals surface area contributed by atoms with Crippen LogP contribution >= 0.6 is 22.9 Å². The van der Waals surface area contributed by atoms with Crippen molar-refractivity contribution >= 4 is 69.0 Å². The monoisotopic (exact) mass is 999 g/mol. The van der Waals surface area contributed by atoms with Crippen LogP contribution in [-0.2, 0) is 25.7 Å². The summed E-state index contributed by atoms with van der Waals surface area (Å²) in [7, 11) is 1.57. The summed E-state index contributed by atoms with van der Waals surface area (Å²) in [5, 5.41) is 20.3. The molecule has 5 aromatic rings. The van der Waals surface area contributed by atoms with E-state index in [1.165, 1.54) is 23.4 Å². The van der Waals surface area contributed by atoms with Crippen LogP contribution in [0, 0.1) is 18.2 Å². The van der Waals surface area contributed by atoms with Crippen LogP contribution < -0.4 is 25.4 Å². The summed E-state index contributed by atoms with van der Waals surface area (Å²) in [5.74, 6) is 0.128. The highest BCUT2D eigenvalue weighted by Crippen LogP contribution is 2.36. The van der Waals surface area contributed by atoms with Crippen molar-refractivity contribution in [3.05, 3.63) is 88.5 Å². The van der Waals surface area contributed by atoms with Gasteiger partial charge in [0.1, 0.15) is 30.0 Å². The maximum Gasteiger partial charge on any atom is 0.246 e. The molecular weight excluding hydrogens is 937 g/mol. The number of piperazine rings is 1. The van der Waals surface area contributed by atoms with Gasteiger partial charge in [-0.2, -0.15) is 0 Å². The summed E-state index contributed by atoms with van der Waals surface area (Å²) in [6.45, 7) is 11.8. The molecule has 2 aromatic heterocycles. The fraction of sp³-hybridized carbons (Fsp3) is 0.471. The molecule has 2 aliphatic heterocycles. The number of ether oxygens (including phenoxy) is 2. The Bertz CT molecular complexity index is 2620. The topological polar surface area (TPSA) is 191 Å². The Labute approximate surface area is 417 Å². The number of rotatable bonds is 20. The zero-order valence-corrected chi connectivity index (χ0v) is 42.0. The summed E-state index contributed by atoms with van der Waals surface area (Å²) >= 11 is 7.56. The number of amides is 4. The number of benzene rings is 3. The van der Waals surface area contributed by atoms with Crippen LogP contribution in [0.4, 0.5) is 15.9 Å². The number of aliphatic hydroxyl groups excluding tert-OH is 1. The van der Waals surface area contributed by atoms with Crippen molar-refractivity contribution < 1.29 is 38.1 Å². The Hall–Kier alpha value is -5.95. The third-order valence-corrected chi connectivity index (χ3v) is 14.0. The second-order valence-corrected chi connectivity index (χ2v) is 20.2. The molecule has 7 rings (SSSR count). The van der Waals surface area contributed by atoms with E-state index in [2.05, 4.69) is 35.8 Å². The van der Waals surface area contributed by atoms with Crippen LogP contribution in [0.2, 0.25) is 5.02 Å². The summed E-state index contributed by atoms with van der Waals surface area (Å²) in [6, 6.07) is 14.1. The number of likely N-dealkylation sites (tertiary alicyclic amines) is 1. The van der Waals surface area contributed by atoms with Gasteiger partial charge in [0.25, 0.3) is 0 Å². The molecule has 0 spiro atoms. The van der Waals surface area contributed by atoms with E-state index in [0.717, 1.165) is 47.8 Å². The lowest BCUT2D eigenvalue weighted by atomic mass is 9.85. The number of hydrogen-bond acceptors (Lipinski definition) is 13. The van der Waals surface area contributed by atoms with Crippen LogP contribution in [0.25, 0.3) is 21.3 Å². The molecule has 2 aliphatic rings. The van der Waals surface area contributed by atoms with Crippen molar-refractivity contribution in [1.29, 1.82) is 0 Å². The molecule has 19 heteroatoms. The average molecular weight is 1000 g/mol. The number of aryl methyl sites for hydroxylation is 1. The minimum atomic E-state index is -0.909. The third kappa shape index (κ3) is 13.5. The van der Waals surface area contributed by atoms with E-state index in [4.69, 9.17) is 21.1 Å². The van der Waals surface area contributed by atoms with Gasteiger partial charge in [0.05, 0.1) is 46.4 Å². The van der Waals surface area contributed by atoms with Gasteiger partial charge in [0, 0.05) is 82.2 Å². The van der Waals surface area contributed by atoms with E-state index in [1.807, 2.05) is 68.4 Å². The van der Waals surface area contributed by atoms with Crippen molar-refractivity contribution in [2.75, 3.05) is 58.3 Å². The van der Waals surface area contributed by atoms with Crippen LogP contribution in [0.1, 0.15) is 77.0 Å². The van der Waals surface area contributed by atoms with Crippen molar-refractivity contribution in [2.45, 2.75) is 97.4 Å². The third-order valence-electron chi connectivity index (χ3n) is 12.7. The first-order valence-corrected chi connectivity index (χ1v) is 25.1. The predicted molar refractivity (Wildman–Crippen MR) is 269 cm³/mol. The van der Waals surface area contributed by atoms with Gasteiger partial charge < -0.3 is 40.3 Å². The highest BCUT2D eigenvalue weighted by molar-refractivity contribution is 7.13. The van der Waals surface area contributed by atoms with E-state index in [0.29, 0.717) is 79.3 Å². The number of methoxy groups -OCH3 is 1. The van der Waals surface area contributed by atoms with E-state index >= 15 is 0 Å². The summed E-state index contributed by atoms with van der Waals surface area (Å²) in [6.07, 6.45) is 3.89. The molecule has 0 saturated carbocycles. The smallest absolute Gasteiger partial charge is 0.246 e. The van der Waals surface area contributed by atoms with Crippen molar-refractivity contribution in [2.24, 2.45) is 5.41 Å². The van der Waals surface area contributed by atoms with E-state index < -0.39 is 35.3 Å². The first-order chi connectivity index (χ1) is 33.6. The summed E-state index contributed by atoms with van der Waals surface area (Å²) < 4.78 is 25.5. The van der Waals surface area contributed by atoms with Crippen LogP contribution in [0.5, 0.6) is 11.5 Å². The van der Waals surface area contributed by atoms with Gasteiger partial charge in [-0.15, -0.1) is 11.3 Å². The normalized spacial score (nSPS) is 16.8. The van der Waals surface area contributed by atoms with Crippen LogP contribution in [0.15, 0.2) is 66.4 Å². The SMILES string of the molecule is COc1cc2ncnc(Nc3ccc(F)c(Cl)c3)c2cc1OCCCN1CCN(C(=O)CCCCCC(=O)N[C@H](C(=O)N2C[C@H](O)C[C@H]2C(=O)NCc2ccc(-c3scnc3C)cc2)C(C)(C)C)CC1. The second kappa shape index (κ2) is 23.8. The number of β-amino-alcohol motifs (C(OH)–C–C–N with tert-alkyl or cyclic N) is 1. The number of carbonyl (C=O) groups excluding carboxylic acids is 4. The number of anilines is 2. The molecule has 0 bridgehead atoms. The number of halogens is 2. The zero-order valence-electron chi connectivity index (χ0n) is 40.4. The van der Waals surface area contributed by atoms with Crippen molar-refractivity contribution in [3.63, 3.8) is 0 Å². The number of fused-ring (bicyclic) bond motifs is 1. The van der Waals surface area contributed by atoms with Gasteiger partial charge in [-0.25, -0.2) is 19.3 Å². The number of hydrogen-bond donors (Lipinski definition) is 4. The van der Waals surface area contributed by atoms with Crippen LogP contribution in [-0.4, -0.2) is 130 Å². The van der Waals surface area contributed by atoms with E-state index in [9.17, 15) is 28.7 Å². The fourth-order valence-electron chi connectivity index (χ4n) is 8.75. The lowest BCUT2D eigenvalue weighted by Gasteiger charge is -2.35. The lowest BCUT2D eigenvalue weighted by molar-refractivity contribution is -0.144. The standard InChI is InChI=1S/C51H63ClFN9O7S/c1-32-46(70-31-57-32)34-14-12-33(13-15-34)28-54-49(66)41-25-36(63)29-62(41)50(67)47(51(2,3)4)59-44(64)10-7-6-8-11-45(65)61-21-19-60(20-22-61)18-9-23-69-43-26-37-40(27-42(43)68-5)55-30-56-48(37)58-35-16-17-39(53)38(52)24-35/h12-17,24,26-27,30-31,36,41,47,63H,6-11,18-23,25,28-29H2,1-5H3,(H,54,66)(H,59,64)(H,55,56,58)/t36-,41+,47-/m1/s1. The van der Waals surface area contributed by atoms with Gasteiger partial charge in [-0.05, 0) is 67.0 Å². The molecule has 0 aliphatic carbocycles. The largest absolute Gasteiger partial charge is 0.493 e. The van der Waals surface area contributed by atoms with Crippen molar-refractivity contribution in [3.8, 4) is 21.9 Å². The van der Waals surface area contributed by atoms with Gasteiger partial charge in [-0.3, -0.25) is 24.1 Å². The molecule has 4 N–H and O–H groups in total. The molecule has 0 unspecified atom stereocenters. The molecule has 2 saturated heterocycles.